The normalized spacial score (nSPS) is 17.7. The Balaban J connectivity index is 1.77. The van der Waals surface area contributed by atoms with Gasteiger partial charge in [0.1, 0.15) is 0 Å². The lowest BCUT2D eigenvalue weighted by Crippen LogP contribution is -2.22. The number of rotatable bonds is 8. The minimum Gasteiger partial charge on any atom is -0.481 e. The summed E-state index contributed by atoms with van der Waals surface area (Å²) < 4.78 is 0. The van der Waals surface area contributed by atoms with Gasteiger partial charge in [-0.05, 0) is 17.7 Å². The molecule has 0 aromatic heterocycles. The summed E-state index contributed by atoms with van der Waals surface area (Å²) in [6.07, 6.45) is 0.743. The van der Waals surface area contributed by atoms with Crippen LogP contribution in [0.2, 0.25) is 0 Å². The predicted octanol–water partition coefficient (Wildman–Crippen LogP) is 3.57. The number of carboxylic acid groups (broad SMARTS) is 1. The molecule has 0 spiro atoms. The molecule has 1 amide bonds. The molecule has 4 nitrogen and oxygen atoms in total. The van der Waals surface area contributed by atoms with Crippen LogP contribution in [0.15, 0.2) is 24.3 Å². The zero-order valence-electron chi connectivity index (χ0n) is 12.8. The average molecular weight is 372 g/mol. The molecule has 2 rings (SSSR count). The van der Waals surface area contributed by atoms with Crippen molar-refractivity contribution in [3.05, 3.63) is 29.8 Å². The van der Waals surface area contributed by atoms with E-state index in [4.69, 9.17) is 5.11 Å². The van der Waals surface area contributed by atoms with E-state index in [-0.39, 0.29) is 12.3 Å². The minimum atomic E-state index is -0.766. The van der Waals surface area contributed by atoms with Gasteiger partial charge in [-0.15, -0.1) is 0 Å². The third-order valence-corrected chi connectivity index (χ3v) is 7.11. The number of thioether (sulfide) groups is 3. The second-order valence-corrected chi connectivity index (χ2v) is 8.88. The fourth-order valence-electron chi connectivity index (χ4n) is 2.16. The number of carbonyl (C=O) groups excluding carboxylic acids is 1. The topological polar surface area (TPSA) is 66.4 Å². The summed E-state index contributed by atoms with van der Waals surface area (Å²) in [5.41, 5.74) is 1.92. The van der Waals surface area contributed by atoms with Gasteiger partial charge in [-0.1, -0.05) is 12.1 Å². The predicted molar refractivity (Wildman–Crippen MR) is 102 cm³/mol. The molecule has 1 atom stereocenters. The number of hydrogen-bond donors (Lipinski definition) is 2. The summed E-state index contributed by atoms with van der Waals surface area (Å²) in [6, 6.07) is 7.78. The van der Waals surface area contributed by atoms with Gasteiger partial charge >= 0.3 is 5.97 Å². The van der Waals surface area contributed by atoms with E-state index in [0.29, 0.717) is 17.4 Å². The molecule has 1 aromatic carbocycles. The Labute approximate surface area is 149 Å². The van der Waals surface area contributed by atoms with Gasteiger partial charge in [0, 0.05) is 46.1 Å². The summed E-state index contributed by atoms with van der Waals surface area (Å²) in [5, 5.41) is 12.0. The Morgan fingerprint density at radius 1 is 1.35 bits per heavy atom. The highest BCUT2D eigenvalue weighted by molar-refractivity contribution is 8.06. The smallest absolute Gasteiger partial charge is 0.304 e. The molecule has 1 fully saturated rings. The van der Waals surface area contributed by atoms with Gasteiger partial charge in [0.2, 0.25) is 5.91 Å². The second kappa shape index (κ2) is 10.2. The summed E-state index contributed by atoms with van der Waals surface area (Å²) in [6.45, 7) is 0. The van der Waals surface area contributed by atoms with Gasteiger partial charge in [-0.2, -0.15) is 35.3 Å². The first-order valence-electron chi connectivity index (χ1n) is 7.51. The summed E-state index contributed by atoms with van der Waals surface area (Å²) >= 11 is 5.40. The molecule has 1 saturated heterocycles. The molecule has 1 unspecified atom stereocenters. The molecule has 0 saturated carbocycles. The van der Waals surface area contributed by atoms with Crippen LogP contribution in [0, 0.1) is 0 Å². The van der Waals surface area contributed by atoms with Gasteiger partial charge in [0.25, 0.3) is 0 Å². The van der Waals surface area contributed by atoms with Gasteiger partial charge in [0.15, 0.2) is 0 Å². The monoisotopic (exact) mass is 371 g/mol. The number of carbonyl (C=O) groups is 2. The first-order valence-corrected chi connectivity index (χ1v) is 10.9. The van der Waals surface area contributed by atoms with Gasteiger partial charge in [-0.25, -0.2) is 0 Å². The number of carboxylic acids is 1. The molecular formula is C16H21NO3S3. The zero-order valence-corrected chi connectivity index (χ0v) is 15.3. The molecule has 126 valence electrons. The van der Waals surface area contributed by atoms with Crippen molar-refractivity contribution in [3.8, 4) is 0 Å². The number of hydrogen-bond acceptors (Lipinski definition) is 5. The van der Waals surface area contributed by atoms with E-state index in [0.717, 1.165) is 28.5 Å². The lowest BCUT2D eigenvalue weighted by molar-refractivity contribution is -0.136. The van der Waals surface area contributed by atoms with Crippen LogP contribution >= 0.6 is 35.3 Å². The average Bonchev–Trinajstić information content (AvgIpc) is 2.52. The van der Waals surface area contributed by atoms with Crippen LogP contribution < -0.4 is 5.32 Å². The number of aliphatic carboxylic acids is 1. The van der Waals surface area contributed by atoms with Gasteiger partial charge < -0.3 is 10.4 Å². The summed E-state index contributed by atoms with van der Waals surface area (Å²) in [5.74, 6) is 4.03. The first-order chi connectivity index (χ1) is 11.1. The second-order valence-electron chi connectivity index (χ2n) is 5.22. The van der Waals surface area contributed by atoms with E-state index in [1.54, 1.807) is 11.8 Å². The fraction of sp³-hybridized carbons (Fsp3) is 0.500. The molecule has 0 bridgehead atoms. The molecule has 1 aliphatic rings. The molecule has 1 aliphatic heterocycles. The Kier molecular flexibility index (Phi) is 8.19. The van der Waals surface area contributed by atoms with Crippen molar-refractivity contribution < 1.29 is 14.7 Å². The van der Waals surface area contributed by atoms with E-state index in [9.17, 15) is 9.59 Å². The van der Waals surface area contributed by atoms with Crippen molar-refractivity contribution in [3.63, 3.8) is 0 Å². The highest BCUT2D eigenvalue weighted by atomic mass is 32.2. The SMILES string of the molecule is O=C(O)CCSCc1cccc(NC(=O)CC2CSCCS2)c1. The highest BCUT2D eigenvalue weighted by Crippen LogP contribution is 2.26. The quantitative estimate of drug-likeness (QED) is 0.681. The van der Waals surface area contributed by atoms with Crippen LogP contribution in [-0.4, -0.2) is 45.2 Å². The standard InChI is InChI=1S/C16H21NO3S3/c18-15(9-14-11-22-6-7-23-14)17-13-3-1-2-12(8-13)10-21-5-4-16(19)20/h1-3,8,14H,4-7,9-11H2,(H,17,18)(H,19,20). The van der Waals surface area contributed by atoms with E-state index in [1.807, 2.05) is 47.8 Å². The van der Waals surface area contributed by atoms with Crippen LogP contribution in [0.4, 0.5) is 5.69 Å². The maximum atomic E-state index is 12.1. The molecule has 0 radical (unpaired) electrons. The van der Waals surface area contributed by atoms with Crippen molar-refractivity contribution in [2.45, 2.75) is 23.8 Å². The molecule has 7 heteroatoms. The maximum Gasteiger partial charge on any atom is 0.304 e. The Hall–Kier alpha value is -0.790. The highest BCUT2D eigenvalue weighted by Gasteiger charge is 2.17. The third kappa shape index (κ3) is 7.54. The molecule has 1 heterocycles. The molecule has 23 heavy (non-hydrogen) atoms. The first kappa shape index (κ1) is 18.5. The van der Waals surface area contributed by atoms with Crippen LogP contribution in [0.1, 0.15) is 18.4 Å². The van der Waals surface area contributed by atoms with Crippen LogP contribution in [0.3, 0.4) is 0 Å². The van der Waals surface area contributed by atoms with Crippen LogP contribution in [0.25, 0.3) is 0 Å². The summed E-state index contributed by atoms with van der Waals surface area (Å²) in [7, 11) is 0. The van der Waals surface area contributed by atoms with Crippen LogP contribution in [0.5, 0.6) is 0 Å². The lowest BCUT2D eigenvalue weighted by atomic mass is 10.2. The lowest BCUT2D eigenvalue weighted by Gasteiger charge is -2.20. The van der Waals surface area contributed by atoms with Crippen molar-refractivity contribution in [2.75, 3.05) is 28.3 Å². The fourth-order valence-corrected chi connectivity index (χ4v) is 5.72. The van der Waals surface area contributed by atoms with Crippen molar-refractivity contribution in [1.29, 1.82) is 0 Å². The van der Waals surface area contributed by atoms with Crippen molar-refractivity contribution in [1.82, 2.24) is 0 Å². The van der Waals surface area contributed by atoms with E-state index in [1.165, 1.54) is 5.75 Å². The van der Waals surface area contributed by atoms with Crippen molar-refractivity contribution in [2.24, 2.45) is 0 Å². The van der Waals surface area contributed by atoms with E-state index in [2.05, 4.69) is 5.32 Å². The molecular weight excluding hydrogens is 350 g/mol. The molecule has 1 aromatic rings. The minimum absolute atomic E-state index is 0.0701. The Bertz CT molecular complexity index is 533. The maximum absolute atomic E-state index is 12.1. The summed E-state index contributed by atoms with van der Waals surface area (Å²) in [4.78, 5) is 22.6. The Morgan fingerprint density at radius 2 is 2.22 bits per heavy atom. The Morgan fingerprint density at radius 3 is 2.96 bits per heavy atom. The van der Waals surface area contributed by atoms with Crippen LogP contribution in [-0.2, 0) is 15.3 Å². The molecule has 0 aliphatic carbocycles. The number of nitrogens with one attached hydrogen (secondary N) is 1. The van der Waals surface area contributed by atoms with Gasteiger partial charge in [0.05, 0.1) is 6.42 Å². The number of amides is 1. The van der Waals surface area contributed by atoms with Gasteiger partial charge in [-0.3, -0.25) is 9.59 Å². The third-order valence-electron chi connectivity index (χ3n) is 3.24. The number of anilines is 1. The van der Waals surface area contributed by atoms with Crippen molar-refractivity contribution >= 4 is 52.8 Å². The largest absolute Gasteiger partial charge is 0.481 e. The zero-order chi connectivity index (χ0) is 16.5. The molecule has 2 N–H and O–H groups in total. The number of benzene rings is 1. The van der Waals surface area contributed by atoms with E-state index >= 15 is 0 Å². The van der Waals surface area contributed by atoms with E-state index < -0.39 is 5.97 Å².